The second-order valence-electron chi connectivity index (χ2n) is 5.22. The Kier molecular flexibility index (Phi) is 5.68. The van der Waals surface area contributed by atoms with Crippen LogP contribution in [-0.4, -0.2) is 38.9 Å². The van der Waals surface area contributed by atoms with E-state index in [0.717, 1.165) is 19.4 Å². The third kappa shape index (κ3) is 4.89. The highest BCUT2D eigenvalue weighted by atomic mass is 19.1. The minimum Gasteiger partial charge on any atom is -0.381 e. The lowest BCUT2D eigenvalue weighted by Gasteiger charge is -2.33. The van der Waals surface area contributed by atoms with Crippen LogP contribution in [0.3, 0.4) is 0 Å². The van der Waals surface area contributed by atoms with Crippen molar-refractivity contribution in [3.8, 4) is 0 Å². The van der Waals surface area contributed by atoms with E-state index in [1.165, 1.54) is 0 Å². The van der Waals surface area contributed by atoms with Gasteiger partial charge in [-0.2, -0.15) is 0 Å². The van der Waals surface area contributed by atoms with Crippen molar-refractivity contribution in [2.45, 2.75) is 26.7 Å². The van der Waals surface area contributed by atoms with Crippen LogP contribution in [-0.2, 0) is 4.74 Å². The summed E-state index contributed by atoms with van der Waals surface area (Å²) in [5.41, 5.74) is 5.38. The molecule has 0 spiro atoms. The number of halogens is 1. The molecular formula is C12H24FN3O. The fourth-order valence-electron chi connectivity index (χ4n) is 1.76. The van der Waals surface area contributed by atoms with E-state index in [1.807, 2.05) is 0 Å². The number of nitrogens with one attached hydrogen (secondary N) is 1. The molecule has 1 rings (SSSR count). The first-order valence-corrected chi connectivity index (χ1v) is 6.25. The molecule has 0 radical (unpaired) electrons. The molecule has 0 atom stereocenters. The average Bonchev–Trinajstić information content (AvgIpc) is 2.35. The van der Waals surface area contributed by atoms with E-state index in [9.17, 15) is 4.39 Å². The average molecular weight is 245 g/mol. The molecule has 0 aromatic rings. The Morgan fingerprint density at radius 3 is 2.65 bits per heavy atom. The van der Waals surface area contributed by atoms with E-state index in [-0.39, 0.29) is 12.1 Å². The van der Waals surface area contributed by atoms with Crippen LogP contribution >= 0.6 is 0 Å². The summed E-state index contributed by atoms with van der Waals surface area (Å²) >= 11 is 0. The summed E-state index contributed by atoms with van der Waals surface area (Å²) < 4.78 is 18.4. The SMILES string of the molecule is CC(C)CNC(N)=NCC1(CF)CCOCC1. The van der Waals surface area contributed by atoms with Crippen molar-refractivity contribution in [2.24, 2.45) is 22.1 Å². The maximum atomic E-state index is 13.1. The van der Waals surface area contributed by atoms with Crippen LogP contribution in [0.4, 0.5) is 4.39 Å². The molecule has 5 heteroatoms. The van der Waals surface area contributed by atoms with E-state index >= 15 is 0 Å². The molecule has 0 bridgehead atoms. The molecular weight excluding hydrogens is 221 g/mol. The second-order valence-corrected chi connectivity index (χ2v) is 5.22. The molecule has 0 unspecified atom stereocenters. The maximum absolute atomic E-state index is 13.1. The Bertz CT molecular complexity index is 250. The van der Waals surface area contributed by atoms with Gasteiger partial charge in [0.25, 0.3) is 0 Å². The minimum atomic E-state index is -0.359. The minimum absolute atomic E-state index is 0.350. The summed E-state index contributed by atoms with van der Waals surface area (Å²) in [4.78, 5) is 4.25. The smallest absolute Gasteiger partial charge is 0.188 e. The summed E-state index contributed by atoms with van der Waals surface area (Å²) in [5, 5.41) is 3.04. The Morgan fingerprint density at radius 1 is 1.47 bits per heavy atom. The van der Waals surface area contributed by atoms with Crippen LogP contribution in [0.25, 0.3) is 0 Å². The highest BCUT2D eigenvalue weighted by Crippen LogP contribution is 2.31. The lowest BCUT2D eigenvalue weighted by Crippen LogP contribution is -2.38. The number of guanidine groups is 1. The van der Waals surface area contributed by atoms with Gasteiger partial charge in [0.2, 0.25) is 0 Å². The number of ether oxygens (including phenoxy) is 1. The molecule has 3 N–H and O–H groups in total. The van der Waals surface area contributed by atoms with Crippen molar-refractivity contribution in [3.05, 3.63) is 0 Å². The number of nitrogens with zero attached hydrogens (tertiary/aromatic N) is 1. The number of aliphatic imine (C=N–C) groups is 1. The van der Waals surface area contributed by atoms with E-state index in [4.69, 9.17) is 10.5 Å². The predicted molar refractivity (Wildman–Crippen MR) is 67.8 cm³/mol. The summed E-state index contributed by atoms with van der Waals surface area (Å²) in [6.45, 7) is 6.34. The predicted octanol–water partition coefficient (Wildman–Crippen LogP) is 1.31. The van der Waals surface area contributed by atoms with Crippen molar-refractivity contribution in [2.75, 3.05) is 33.0 Å². The zero-order valence-electron chi connectivity index (χ0n) is 10.8. The largest absolute Gasteiger partial charge is 0.381 e. The molecule has 4 nitrogen and oxygen atoms in total. The Labute approximate surface area is 103 Å². The normalized spacial score (nSPS) is 20.6. The van der Waals surface area contributed by atoms with Gasteiger partial charge in [-0.05, 0) is 18.8 Å². The van der Waals surface area contributed by atoms with Gasteiger partial charge in [0, 0.05) is 25.2 Å². The van der Waals surface area contributed by atoms with Gasteiger partial charge in [0.1, 0.15) is 0 Å². The van der Waals surface area contributed by atoms with Gasteiger partial charge in [-0.15, -0.1) is 0 Å². The van der Waals surface area contributed by atoms with Crippen LogP contribution in [0, 0.1) is 11.3 Å². The van der Waals surface area contributed by atoms with Crippen LogP contribution in [0.5, 0.6) is 0 Å². The zero-order chi connectivity index (χ0) is 12.7. The van der Waals surface area contributed by atoms with Crippen molar-refractivity contribution in [1.82, 2.24) is 5.32 Å². The quantitative estimate of drug-likeness (QED) is 0.567. The third-order valence-electron chi connectivity index (χ3n) is 3.11. The van der Waals surface area contributed by atoms with Crippen molar-refractivity contribution in [1.29, 1.82) is 0 Å². The topological polar surface area (TPSA) is 59.6 Å². The zero-order valence-corrected chi connectivity index (χ0v) is 10.8. The third-order valence-corrected chi connectivity index (χ3v) is 3.11. The van der Waals surface area contributed by atoms with Gasteiger partial charge in [-0.1, -0.05) is 13.8 Å². The van der Waals surface area contributed by atoms with Crippen LogP contribution in [0.1, 0.15) is 26.7 Å². The molecule has 1 aliphatic heterocycles. The van der Waals surface area contributed by atoms with Gasteiger partial charge in [-0.25, -0.2) is 0 Å². The Balaban J connectivity index is 2.42. The summed E-state index contributed by atoms with van der Waals surface area (Å²) in [5.74, 6) is 0.931. The monoisotopic (exact) mass is 245 g/mol. The molecule has 0 amide bonds. The number of alkyl halides is 1. The first-order chi connectivity index (χ1) is 8.08. The molecule has 0 aromatic heterocycles. The van der Waals surface area contributed by atoms with E-state index in [0.29, 0.717) is 31.6 Å². The fourth-order valence-corrected chi connectivity index (χ4v) is 1.76. The highest BCUT2D eigenvalue weighted by Gasteiger charge is 2.32. The molecule has 0 aromatic carbocycles. The Morgan fingerprint density at radius 2 is 2.12 bits per heavy atom. The van der Waals surface area contributed by atoms with Crippen molar-refractivity contribution in [3.63, 3.8) is 0 Å². The summed E-state index contributed by atoms with van der Waals surface area (Å²) in [6.07, 6.45) is 1.45. The van der Waals surface area contributed by atoms with Gasteiger partial charge in [-0.3, -0.25) is 9.38 Å². The second kappa shape index (κ2) is 6.79. The molecule has 1 fully saturated rings. The molecule has 0 aliphatic carbocycles. The maximum Gasteiger partial charge on any atom is 0.188 e. The molecule has 0 saturated carbocycles. The molecule has 17 heavy (non-hydrogen) atoms. The summed E-state index contributed by atoms with van der Waals surface area (Å²) in [6, 6.07) is 0. The summed E-state index contributed by atoms with van der Waals surface area (Å²) in [7, 11) is 0. The van der Waals surface area contributed by atoms with Crippen LogP contribution in [0.2, 0.25) is 0 Å². The van der Waals surface area contributed by atoms with Gasteiger partial charge < -0.3 is 15.8 Å². The Hall–Kier alpha value is -0.840. The molecule has 100 valence electrons. The van der Waals surface area contributed by atoms with E-state index in [1.54, 1.807) is 0 Å². The molecule has 1 heterocycles. The van der Waals surface area contributed by atoms with Gasteiger partial charge >= 0.3 is 0 Å². The number of hydrogen-bond donors (Lipinski definition) is 2. The van der Waals surface area contributed by atoms with Gasteiger partial charge in [0.05, 0.1) is 13.2 Å². The lowest BCUT2D eigenvalue weighted by molar-refractivity contribution is 0.00692. The first-order valence-electron chi connectivity index (χ1n) is 6.25. The first kappa shape index (κ1) is 14.2. The molecule has 1 aliphatic rings. The highest BCUT2D eigenvalue weighted by molar-refractivity contribution is 5.77. The number of nitrogens with two attached hydrogens (primary N) is 1. The fraction of sp³-hybridized carbons (Fsp3) is 0.917. The molecule has 1 saturated heterocycles. The number of rotatable bonds is 5. The lowest BCUT2D eigenvalue weighted by atomic mass is 9.82. The number of hydrogen-bond acceptors (Lipinski definition) is 2. The van der Waals surface area contributed by atoms with E-state index < -0.39 is 0 Å². The van der Waals surface area contributed by atoms with Crippen LogP contribution < -0.4 is 11.1 Å². The van der Waals surface area contributed by atoms with Crippen molar-refractivity contribution < 1.29 is 9.13 Å². The van der Waals surface area contributed by atoms with Crippen molar-refractivity contribution >= 4 is 5.96 Å². The van der Waals surface area contributed by atoms with E-state index in [2.05, 4.69) is 24.2 Å². The standard InChI is InChI=1S/C12H24FN3O/c1-10(2)7-15-11(14)16-9-12(8-13)3-5-17-6-4-12/h10H,3-9H2,1-2H3,(H3,14,15,16). The van der Waals surface area contributed by atoms with Gasteiger partial charge in [0.15, 0.2) is 5.96 Å². The van der Waals surface area contributed by atoms with Crippen LogP contribution in [0.15, 0.2) is 4.99 Å².